The van der Waals surface area contributed by atoms with Gasteiger partial charge in [0.1, 0.15) is 12.1 Å². The molecule has 0 atom stereocenters. The number of nitrogens with zero attached hydrogens (tertiary/aromatic N) is 6. The topological polar surface area (TPSA) is 112 Å². The molecule has 0 fully saturated rings. The van der Waals surface area contributed by atoms with Gasteiger partial charge >= 0.3 is 0 Å². The standard InChI is InChI=1S/C23H26N8O2/c1-6-19(32)16-12-24-20(27-21-10-14(2)31(4)28-21)11-18(16)26-17-9-7-8-15(22(17)33-5)23-25-13-30(3)29-23/h7-13H,6H2,1-5H3,(H2,24,26,27,28). The third kappa shape index (κ3) is 4.54. The van der Waals surface area contributed by atoms with Gasteiger partial charge in [-0.3, -0.25) is 14.2 Å². The van der Waals surface area contributed by atoms with Crippen LogP contribution in [0, 0.1) is 6.92 Å². The molecule has 0 aliphatic heterocycles. The van der Waals surface area contributed by atoms with Crippen molar-refractivity contribution in [1.29, 1.82) is 0 Å². The van der Waals surface area contributed by atoms with Gasteiger partial charge in [-0.2, -0.15) is 10.2 Å². The van der Waals surface area contributed by atoms with Gasteiger partial charge in [-0.15, -0.1) is 0 Å². The number of ketones is 1. The van der Waals surface area contributed by atoms with E-state index in [2.05, 4.69) is 30.8 Å². The van der Waals surface area contributed by atoms with Crippen molar-refractivity contribution < 1.29 is 9.53 Å². The monoisotopic (exact) mass is 446 g/mol. The van der Waals surface area contributed by atoms with Gasteiger partial charge in [-0.25, -0.2) is 9.97 Å². The highest BCUT2D eigenvalue weighted by molar-refractivity contribution is 6.02. The Morgan fingerprint density at radius 3 is 2.52 bits per heavy atom. The van der Waals surface area contributed by atoms with Crippen LogP contribution < -0.4 is 15.4 Å². The second-order valence-electron chi connectivity index (χ2n) is 7.56. The Morgan fingerprint density at radius 2 is 1.88 bits per heavy atom. The maximum atomic E-state index is 12.6. The highest BCUT2D eigenvalue weighted by atomic mass is 16.5. The molecule has 0 aliphatic carbocycles. The van der Waals surface area contributed by atoms with Crippen molar-refractivity contribution in [3.05, 3.63) is 54.1 Å². The van der Waals surface area contributed by atoms with Crippen LogP contribution in [0.15, 0.2) is 42.9 Å². The molecule has 3 aromatic heterocycles. The first-order chi connectivity index (χ1) is 15.9. The molecule has 0 amide bonds. The van der Waals surface area contributed by atoms with Crippen LogP contribution in [0.3, 0.4) is 0 Å². The summed E-state index contributed by atoms with van der Waals surface area (Å²) in [7, 11) is 5.27. The summed E-state index contributed by atoms with van der Waals surface area (Å²) in [6, 6.07) is 9.36. The number of benzene rings is 1. The van der Waals surface area contributed by atoms with Crippen LogP contribution in [-0.2, 0) is 14.1 Å². The number of nitrogens with one attached hydrogen (secondary N) is 2. The first kappa shape index (κ1) is 22.0. The lowest BCUT2D eigenvalue weighted by atomic mass is 10.1. The summed E-state index contributed by atoms with van der Waals surface area (Å²) < 4.78 is 9.11. The molecule has 10 nitrogen and oxygen atoms in total. The number of carbonyl (C=O) groups excluding carboxylic acids is 1. The summed E-state index contributed by atoms with van der Waals surface area (Å²) in [6.45, 7) is 3.79. The number of anilines is 4. The highest BCUT2D eigenvalue weighted by Crippen LogP contribution is 2.37. The Morgan fingerprint density at radius 1 is 1.06 bits per heavy atom. The smallest absolute Gasteiger partial charge is 0.184 e. The third-order valence-corrected chi connectivity index (χ3v) is 5.22. The van der Waals surface area contributed by atoms with Gasteiger partial charge < -0.3 is 15.4 Å². The summed E-state index contributed by atoms with van der Waals surface area (Å²) >= 11 is 0. The number of aromatic nitrogens is 6. The lowest BCUT2D eigenvalue weighted by Crippen LogP contribution is -2.07. The normalized spacial score (nSPS) is 10.8. The predicted octanol–water partition coefficient (Wildman–Crippen LogP) is 4.01. The molecule has 1 aromatic carbocycles. The van der Waals surface area contributed by atoms with Crippen molar-refractivity contribution in [3.63, 3.8) is 0 Å². The van der Waals surface area contributed by atoms with Gasteiger partial charge in [0.15, 0.2) is 23.2 Å². The Labute approximate surface area is 191 Å². The molecular formula is C23H26N8O2. The number of ether oxygens (including phenoxy) is 1. The maximum absolute atomic E-state index is 12.6. The summed E-state index contributed by atoms with van der Waals surface area (Å²) in [4.78, 5) is 21.4. The molecule has 0 radical (unpaired) electrons. The molecule has 0 spiro atoms. The minimum atomic E-state index is -0.0215. The van der Waals surface area contributed by atoms with Gasteiger partial charge in [0.25, 0.3) is 0 Å². The number of hydrogen-bond donors (Lipinski definition) is 2. The molecule has 0 aliphatic rings. The number of rotatable bonds is 8. The lowest BCUT2D eigenvalue weighted by molar-refractivity contribution is 0.0988. The molecule has 2 N–H and O–H groups in total. The van der Waals surface area contributed by atoms with E-state index in [1.54, 1.807) is 35.1 Å². The molecule has 4 aromatic rings. The highest BCUT2D eigenvalue weighted by Gasteiger charge is 2.18. The molecule has 0 saturated carbocycles. The van der Waals surface area contributed by atoms with Gasteiger partial charge in [-0.05, 0) is 19.1 Å². The number of hydrogen-bond acceptors (Lipinski definition) is 8. The van der Waals surface area contributed by atoms with E-state index < -0.39 is 0 Å². The summed E-state index contributed by atoms with van der Waals surface area (Å²) in [6.07, 6.45) is 3.56. The molecule has 3 heterocycles. The molecule has 10 heteroatoms. The average molecular weight is 447 g/mol. The minimum absolute atomic E-state index is 0.0215. The van der Waals surface area contributed by atoms with E-state index in [-0.39, 0.29) is 5.78 Å². The Hall–Kier alpha value is -4.21. The van der Waals surface area contributed by atoms with E-state index in [1.807, 2.05) is 52.2 Å². The zero-order chi connectivity index (χ0) is 23.5. The minimum Gasteiger partial charge on any atom is -0.494 e. The average Bonchev–Trinajstić information content (AvgIpc) is 3.37. The van der Waals surface area contributed by atoms with Crippen molar-refractivity contribution in [1.82, 2.24) is 29.5 Å². The van der Waals surface area contributed by atoms with Crippen molar-refractivity contribution in [2.45, 2.75) is 20.3 Å². The predicted molar refractivity (Wildman–Crippen MR) is 126 cm³/mol. The summed E-state index contributed by atoms with van der Waals surface area (Å²) in [5, 5.41) is 15.3. The number of carbonyl (C=O) groups is 1. The second-order valence-corrected chi connectivity index (χ2v) is 7.56. The fourth-order valence-electron chi connectivity index (χ4n) is 3.43. The Balaban J connectivity index is 1.73. The zero-order valence-corrected chi connectivity index (χ0v) is 19.2. The third-order valence-electron chi connectivity index (χ3n) is 5.22. The van der Waals surface area contributed by atoms with Crippen molar-refractivity contribution >= 4 is 28.8 Å². The van der Waals surface area contributed by atoms with E-state index in [9.17, 15) is 4.79 Å². The van der Waals surface area contributed by atoms with Crippen molar-refractivity contribution in [2.24, 2.45) is 14.1 Å². The molecular weight excluding hydrogens is 420 g/mol. The fourth-order valence-corrected chi connectivity index (χ4v) is 3.43. The van der Waals surface area contributed by atoms with Crippen LogP contribution in [0.2, 0.25) is 0 Å². The molecule has 0 saturated heterocycles. The first-order valence-corrected chi connectivity index (χ1v) is 10.5. The molecule has 170 valence electrons. The van der Waals surface area contributed by atoms with Gasteiger partial charge in [0.05, 0.1) is 29.6 Å². The van der Waals surface area contributed by atoms with Crippen molar-refractivity contribution in [3.8, 4) is 17.1 Å². The van der Waals surface area contributed by atoms with Crippen LogP contribution in [-0.4, -0.2) is 42.4 Å². The van der Waals surface area contributed by atoms with Crippen LogP contribution in [0.25, 0.3) is 11.4 Å². The maximum Gasteiger partial charge on any atom is 0.184 e. The van der Waals surface area contributed by atoms with Gasteiger partial charge in [0.2, 0.25) is 0 Å². The number of methoxy groups -OCH3 is 1. The second kappa shape index (κ2) is 9.11. The summed E-state index contributed by atoms with van der Waals surface area (Å²) in [5.74, 6) is 2.33. The van der Waals surface area contributed by atoms with E-state index in [0.29, 0.717) is 46.6 Å². The first-order valence-electron chi connectivity index (χ1n) is 10.5. The zero-order valence-electron chi connectivity index (χ0n) is 19.2. The van der Waals surface area contributed by atoms with Gasteiger partial charge in [-0.1, -0.05) is 13.0 Å². The lowest BCUT2D eigenvalue weighted by Gasteiger charge is -2.16. The quantitative estimate of drug-likeness (QED) is 0.391. The molecule has 33 heavy (non-hydrogen) atoms. The SMILES string of the molecule is CCC(=O)c1cnc(Nc2cc(C)n(C)n2)cc1Nc1cccc(-c2ncn(C)n2)c1OC. The Bertz CT molecular complexity index is 1290. The number of Topliss-reactive ketones (excluding diaryl/α,β-unsaturated/α-hetero) is 1. The molecule has 0 unspecified atom stereocenters. The van der Waals surface area contributed by atoms with E-state index in [4.69, 9.17) is 4.74 Å². The van der Waals surface area contributed by atoms with E-state index >= 15 is 0 Å². The molecule has 4 rings (SSSR count). The van der Waals surface area contributed by atoms with E-state index in [1.165, 1.54) is 0 Å². The fraction of sp³-hybridized carbons (Fsp3) is 0.261. The van der Waals surface area contributed by atoms with Crippen molar-refractivity contribution in [2.75, 3.05) is 17.7 Å². The van der Waals surface area contributed by atoms with Crippen LogP contribution in [0.1, 0.15) is 29.4 Å². The number of pyridine rings is 1. The Kier molecular flexibility index (Phi) is 6.07. The summed E-state index contributed by atoms with van der Waals surface area (Å²) in [5.41, 5.74) is 3.53. The number of aryl methyl sites for hydroxylation is 3. The van der Waals surface area contributed by atoms with Crippen LogP contribution >= 0.6 is 0 Å². The molecule has 0 bridgehead atoms. The van der Waals surface area contributed by atoms with Crippen LogP contribution in [0.5, 0.6) is 5.75 Å². The largest absolute Gasteiger partial charge is 0.494 e. The van der Waals surface area contributed by atoms with E-state index in [0.717, 1.165) is 11.3 Å². The van der Waals surface area contributed by atoms with Gasteiger partial charge in [0, 0.05) is 44.5 Å². The van der Waals surface area contributed by atoms with Crippen LogP contribution in [0.4, 0.5) is 23.0 Å². The number of para-hydroxylation sites is 1.